The summed E-state index contributed by atoms with van der Waals surface area (Å²) in [7, 11) is 0. The maximum Gasteiger partial charge on any atom is 0.0591 e. The van der Waals surface area contributed by atoms with Crippen LogP contribution in [0.1, 0.15) is 26.7 Å². The highest BCUT2D eigenvalue weighted by Gasteiger charge is 2.09. The van der Waals surface area contributed by atoms with Crippen molar-refractivity contribution in [3.63, 3.8) is 0 Å². The lowest BCUT2D eigenvalue weighted by Gasteiger charge is -2.14. The van der Waals surface area contributed by atoms with Crippen molar-refractivity contribution in [1.29, 1.82) is 0 Å². The first-order valence-electron chi connectivity index (χ1n) is 6.30. The van der Waals surface area contributed by atoms with Crippen LogP contribution in [0.4, 0.5) is 0 Å². The van der Waals surface area contributed by atoms with Crippen LogP contribution in [0.3, 0.4) is 0 Å². The molecule has 0 bridgehead atoms. The molecule has 0 spiro atoms. The van der Waals surface area contributed by atoms with E-state index in [4.69, 9.17) is 4.74 Å². The largest absolute Gasteiger partial charge is 0.380 e. The number of rotatable bonds is 8. The Morgan fingerprint density at radius 3 is 2.60 bits per heavy atom. The molecule has 1 saturated heterocycles. The van der Waals surface area contributed by atoms with Crippen molar-refractivity contribution < 1.29 is 4.74 Å². The third kappa shape index (κ3) is 6.88. The van der Waals surface area contributed by atoms with E-state index in [1.165, 1.54) is 32.5 Å². The molecule has 90 valence electrons. The quantitative estimate of drug-likeness (QED) is 0.617. The monoisotopic (exact) mass is 214 g/mol. The minimum Gasteiger partial charge on any atom is -0.380 e. The zero-order valence-electron chi connectivity index (χ0n) is 10.3. The predicted molar refractivity (Wildman–Crippen MR) is 64.2 cm³/mol. The molecule has 0 aliphatic carbocycles. The van der Waals surface area contributed by atoms with Crippen molar-refractivity contribution in [3.8, 4) is 0 Å². The third-order valence-corrected chi connectivity index (χ3v) is 2.68. The van der Waals surface area contributed by atoms with Crippen LogP contribution < -0.4 is 5.32 Å². The van der Waals surface area contributed by atoms with Gasteiger partial charge in [-0.25, -0.2) is 0 Å². The Hall–Kier alpha value is -0.120. The zero-order chi connectivity index (χ0) is 10.9. The van der Waals surface area contributed by atoms with Gasteiger partial charge >= 0.3 is 0 Å². The Kier molecular flexibility index (Phi) is 6.98. The summed E-state index contributed by atoms with van der Waals surface area (Å²) in [5.41, 5.74) is 0. The Bertz CT molecular complexity index is 145. The summed E-state index contributed by atoms with van der Waals surface area (Å²) in [6.45, 7) is 12.0. The summed E-state index contributed by atoms with van der Waals surface area (Å²) in [6.07, 6.45) is 2.77. The minimum absolute atomic E-state index is 0.648. The normalized spacial score (nSPS) is 17.8. The first-order valence-corrected chi connectivity index (χ1v) is 6.30. The summed E-state index contributed by atoms with van der Waals surface area (Å²) < 4.78 is 5.49. The van der Waals surface area contributed by atoms with Crippen molar-refractivity contribution in [2.75, 3.05) is 45.9 Å². The van der Waals surface area contributed by atoms with E-state index in [2.05, 4.69) is 24.1 Å². The number of nitrogens with zero attached hydrogens (tertiary/aromatic N) is 1. The Labute approximate surface area is 94.2 Å². The van der Waals surface area contributed by atoms with Crippen molar-refractivity contribution in [3.05, 3.63) is 0 Å². The third-order valence-electron chi connectivity index (χ3n) is 2.68. The molecule has 0 amide bonds. The molecule has 0 aromatic carbocycles. The second-order valence-electron chi connectivity index (χ2n) is 4.77. The van der Waals surface area contributed by atoms with E-state index >= 15 is 0 Å². The van der Waals surface area contributed by atoms with Gasteiger partial charge in [-0.1, -0.05) is 13.8 Å². The molecule has 0 aromatic heterocycles. The molecule has 1 heterocycles. The van der Waals surface area contributed by atoms with Crippen molar-refractivity contribution in [1.82, 2.24) is 10.2 Å². The van der Waals surface area contributed by atoms with Crippen molar-refractivity contribution in [2.24, 2.45) is 5.92 Å². The van der Waals surface area contributed by atoms with E-state index in [-0.39, 0.29) is 0 Å². The number of hydrogen-bond donors (Lipinski definition) is 1. The number of ether oxygens (including phenoxy) is 1. The smallest absolute Gasteiger partial charge is 0.0591 e. The Morgan fingerprint density at radius 1 is 1.20 bits per heavy atom. The standard InChI is InChI=1S/C12H26N2O/c1-12(2)11-15-10-6-13-5-9-14-7-3-4-8-14/h12-13H,3-11H2,1-2H3. The van der Waals surface area contributed by atoms with Gasteiger partial charge in [0.15, 0.2) is 0 Å². The van der Waals surface area contributed by atoms with Gasteiger partial charge in [0.05, 0.1) is 6.61 Å². The van der Waals surface area contributed by atoms with E-state index in [0.29, 0.717) is 5.92 Å². The molecule has 15 heavy (non-hydrogen) atoms. The second-order valence-corrected chi connectivity index (χ2v) is 4.77. The van der Waals surface area contributed by atoms with Gasteiger partial charge in [-0.2, -0.15) is 0 Å². The van der Waals surface area contributed by atoms with Gasteiger partial charge in [0, 0.05) is 26.2 Å². The van der Waals surface area contributed by atoms with Crippen LogP contribution in [0.5, 0.6) is 0 Å². The molecule has 3 heteroatoms. The van der Waals surface area contributed by atoms with E-state index in [1.807, 2.05) is 0 Å². The van der Waals surface area contributed by atoms with Gasteiger partial charge in [0.2, 0.25) is 0 Å². The van der Waals surface area contributed by atoms with Crippen LogP contribution in [0, 0.1) is 5.92 Å². The number of likely N-dealkylation sites (tertiary alicyclic amines) is 1. The van der Waals surface area contributed by atoms with Gasteiger partial charge in [-0.3, -0.25) is 0 Å². The molecule has 0 radical (unpaired) electrons. The summed E-state index contributed by atoms with van der Waals surface area (Å²) in [5, 5.41) is 3.42. The highest BCUT2D eigenvalue weighted by atomic mass is 16.5. The summed E-state index contributed by atoms with van der Waals surface area (Å²) >= 11 is 0. The van der Waals surface area contributed by atoms with E-state index in [0.717, 1.165) is 26.3 Å². The fraction of sp³-hybridized carbons (Fsp3) is 1.00. The average Bonchev–Trinajstić information content (AvgIpc) is 2.68. The second kappa shape index (κ2) is 8.08. The molecule has 1 fully saturated rings. The van der Waals surface area contributed by atoms with Crippen LogP contribution in [0.15, 0.2) is 0 Å². The van der Waals surface area contributed by atoms with E-state index in [9.17, 15) is 0 Å². The molecule has 1 N–H and O–H groups in total. The van der Waals surface area contributed by atoms with Gasteiger partial charge in [0.25, 0.3) is 0 Å². The zero-order valence-corrected chi connectivity index (χ0v) is 10.3. The van der Waals surface area contributed by atoms with Crippen LogP contribution in [0.2, 0.25) is 0 Å². The molecule has 1 aliphatic rings. The molecule has 0 unspecified atom stereocenters. The van der Waals surface area contributed by atoms with Crippen LogP contribution >= 0.6 is 0 Å². The SMILES string of the molecule is CC(C)COCCNCCN1CCCC1. The lowest BCUT2D eigenvalue weighted by molar-refractivity contribution is 0.111. The van der Waals surface area contributed by atoms with E-state index in [1.54, 1.807) is 0 Å². The van der Waals surface area contributed by atoms with Gasteiger partial charge in [-0.15, -0.1) is 0 Å². The first-order chi connectivity index (χ1) is 7.29. The fourth-order valence-electron chi connectivity index (χ4n) is 1.83. The van der Waals surface area contributed by atoms with Crippen LogP contribution in [-0.4, -0.2) is 50.8 Å². The van der Waals surface area contributed by atoms with Gasteiger partial charge in [-0.05, 0) is 31.8 Å². The summed E-state index contributed by atoms with van der Waals surface area (Å²) in [4.78, 5) is 2.53. The average molecular weight is 214 g/mol. The Balaban J connectivity index is 1.76. The minimum atomic E-state index is 0.648. The molecule has 0 saturated carbocycles. The van der Waals surface area contributed by atoms with E-state index < -0.39 is 0 Å². The molecular weight excluding hydrogens is 188 g/mol. The van der Waals surface area contributed by atoms with Crippen molar-refractivity contribution in [2.45, 2.75) is 26.7 Å². The maximum atomic E-state index is 5.49. The highest BCUT2D eigenvalue weighted by Crippen LogP contribution is 2.05. The Morgan fingerprint density at radius 2 is 1.93 bits per heavy atom. The number of hydrogen-bond acceptors (Lipinski definition) is 3. The lowest BCUT2D eigenvalue weighted by Crippen LogP contribution is -2.31. The van der Waals surface area contributed by atoms with Gasteiger partial charge < -0.3 is 15.0 Å². The highest BCUT2D eigenvalue weighted by molar-refractivity contribution is 4.66. The maximum absolute atomic E-state index is 5.49. The first kappa shape index (κ1) is 12.9. The lowest BCUT2D eigenvalue weighted by atomic mass is 10.2. The molecule has 0 atom stereocenters. The predicted octanol–water partition coefficient (Wildman–Crippen LogP) is 1.34. The fourth-order valence-corrected chi connectivity index (χ4v) is 1.83. The molecular formula is C12H26N2O. The van der Waals surface area contributed by atoms with Crippen LogP contribution in [0.25, 0.3) is 0 Å². The van der Waals surface area contributed by atoms with Crippen molar-refractivity contribution >= 4 is 0 Å². The topological polar surface area (TPSA) is 24.5 Å². The molecule has 3 nitrogen and oxygen atoms in total. The summed E-state index contributed by atoms with van der Waals surface area (Å²) in [5.74, 6) is 0.648. The molecule has 0 aromatic rings. The molecule has 1 rings (SSSR count). The van der Waals surface area contributed by atoms with Gasteiger partial charge in [0.1, 0.15) is 0 Å². The summed E-state index contributed by atoms with van der Waals surface area (Å²) in [6, 6.07) is 0. The number of nitrogens with one attached hydrogen (secondary N) is 1. The molecule has 1 aliphatic heterocycles. The van der Waals surface area contributed by atoms with Crippen LogP contribution in [-0.2, 0) is 4.74 Å².